The first-order chi connectivity index (χ1) is 8.97. The molecule has 2 atom stereocenters. The molecule has 4 nitrogen and oxygen atoms in total. The number of halogens is 1. The van der Waals surface area contributed by atoms with Gasteiger partial charge in [0.05, 0.1) is 16.7 Å². The van der Waals surface area contributed by atoms with Crippen LogP contribution in [0.1, 0.15) is 31.7 Å². The fourth-order valence-electron chi connectivity index (χ4n) is 2.58. The van der Waals surface area contributed by atoms with E-state index in [1.165, 1.54) is 12.1 Å². The number of carboxylic acid groups (broad SMARTS) is 1. The Morgan fingerprint density at radius 2 is 2.37 bits per heavy atom. The third-order valence-corrected chi connectivity index (χ3v) is 3.88. The highest BCUT2D eigenvalue weighted by atomic mass is 19.1. The van der Waals surface area contributed by atoms with Gasteiger partial charge in [0.25, 0.3) is 0 Å². The molecule has 1 fully saturated rings. The number of anilines is 1. The van der Waals surface area contributed by atoms with Gasteiger partial charge in [0.1, 0.15) is 11.9 Å². The molecule has 0 spiro atoms. The highest BCUT2D eigenvalue weighted by Gasteiger charge is 2.45. The van der Waals surface area contributed by atoms with Crippen LogP contribution < -0.4 is 5.32 Å². The molecule has 2 N–H and O–H groups in total. The quantitative estimate of drug-likeness (QED) is 0.878. The third-order valence-electron chi connectivity index (χ3n) is 3.88. The molecule has 2 unspecified atom stereocenters. The first-order valence-electron chi connectivity index (χ1n) is 6.17. The lowest BCUT2D eigenvalue weighted by molar-refractivity contribution is -0.147. The van der Waals surface area contributed by atoms with Crippen molar-refractivity contribution in [2.24, 2.45) is 5.41 Å². The molecule has 0 aromatic heterocycles. The highest BCUT2D eigenvalue weighted by Crippen LogP contribution is 2.40. The van der Waals surface area contributed by atoms with E-state index in [2.05, 4.69) is 5.32 Å². The van der Waals surface area contributed by atoms with Crippen molar-refractivity contribution in [2.75, 3.05) is 5.32 Å². The number of nitriles is 1. The number of carboxylic acids is 1. The summed E-state index contributed by atoms with van der Waals surface area (Å²) < 4.78 is 13.1. The van der Waals surface area contributed by atoms with Crippen LogP contribution in [0.5, 0.6) is 0 Å². The summed E-state index contributed by atoms with van der Waals surface area (Å²) in [5.41, 5.74) is -0.163. The van der Waals surface area contributed by atoms with Crippen molar-refractivity contribution in [1.82, 2.24) is 0 Å². The summed E-state index contributed by atoms with van der Waals surface area (Å²) in [5, 5.41) is 21.4. The second-order valence-corrected chi connectivity index (χ2v) is 5.11. The van der Waals surface area contributed by atoms with Gasteiger partial charge in [-0.25, -0.2) is 4.39 Å². The van der Waals surface area contributed by atoms with Crippen LogP contribution in [-0.4, -0.2) is 17.1 Å². The minimum Gasteiger partial charge on any atom is -0.481 e. The Balaban J connectivity index is 2.27. The van der Waals surface area contributed by atoms with Gasteiger partial charge in [-0.1, -0.05) is 6.42 Å². The van der Waals surface area contributed by atoms with E-state index in [9.17, 15) is 14.3 Å². The molecule has 0 radical (unpaired) electrons. The van der Waals surface area contributed by atoms with Crippen LogP contribution in [0.4, 0.5) is 10.1 Å². The first kappa shape index (κ1) is 13.3. The zero-order chi connectivity index (χ0) is 14.0. The van der Waals surface area contributed by atoms with Gasteiger partial charge in [-0.2, -0.15) is 5.26 Å². The molecule has 0 bridgehead atoms. The van der Waals surface area contributed by atoms with Gasteiger partial charge in [-0.05, 0) is 38.0 Å². The van der Waals surface area contributed by atoms with E-state index in [1.807, 2.05) is 6.07 Å². The van der Waals surface area contributed by atoms with Gasteiger partial charge in [-0.15, -0.1) is 0 Å². The molecule has 0 amide bonds. The van der Waals surface area contributed by atoms with Crippen molar-refractivity contribution < 1.29 is 14.3 Å². The zero-order valence-electron chi connectivity index (χ0n) is 10.6. The molecule has 1 aliphatic rings. The van der Waals surface area contributed by atoms with Crippen molar-refractivity contribution >= 4 is 11.7 Å². The van der Waals surface area contributed by atoms with E-state index < -0.39 is 17.2 Å². The van der Waals surface area contributed by atoms with Gasteiger partial charge < -0.3 is 10.4 Å². The number of aliphatic carboxylic acids is 1. The fourth-order valence-corrected chi connectivity index (χ4v) is 2.58. The molecule has 19 heavy (non-hydrogen) atoms. The standard InChI is InChI=1S/C14H15FN2O2/c1-14(13(18)19)6-2-3-12(14)17-11-5-4-10(15)7-9(11)8-16/h4-5,7,12,17H,2-3,6H2,1H3,(H,18,19). The topological polar surface area (TPSA) is 73.1 Å². The number of hydrogen-bond acceptors (Lipinski definition) is 3. The van der Waals surface area contributed by atoms with Gasteiger partial charge >= 0.3 is 5.97 Å². The normalized spacial score (nSPS) is 25.8. The van der Waals surface area contributed by atoms with Gasteiger partial charge in [0, 0.05) is 6.04 Å². The average molecular weight is 262 g/mol. The highest BCUT2D eigenvalue weighted by molar-refractivity contribution is 5.76. The van der Waals surface area contributed by atoms with Crippen molar-refractivity contribution in [3.05, 3.63) is 29.6 Å². The molecule has 0 saturated heterocycles. The van der Waals surface area contributed by atoms with E-state index in [0.717, 1.165) is 18.9 Å². The van der Waals surface area contributed by atoms with Crippen LogP contribution >= 0.6 is 0 Å². The van der Waals surface area contributed by atoms with Crippen LogP contribution in [-0.2, 0) is 4.79 Å². The van der Waals surface area contributed by atoms with Crippen LogP contribution in [0.15, 0.2) is 18.2 Å². The lowest BCUT2D eigenvalue weighted by Gasteiger charge is -2.28. The van der Waals surface area contributed by atoms with Gasteiger partial charge in [-0.3, -0.25) is 4.79 Å². The van der Waals surface area contributed by atoms with Crippen molar-refractivity contribution in [2.45, 2.75) is 32.2 Å². The summed E-state index contributed by atoms with van der Waals surface area (Å²) in [5.74, 6) is -1.32. The van der Waals surface area contributed by atoms with E-state index in [1.54, 1.807) is 6.92 Å². The molecule has 1 aromatic carbocycles. The molecule has 100 valence electrons. The first-order valence-corrected chi connectivity index (χ1v) is 6.17. The Kier molecular flexibility index (Phi) is 3.43. The molecule has 1 saturated carbocycles. The molecular formula is C14H15FN2O2. The molecule has 0 aliphatic heterocycles. The second-order valence-electron chi connectivity index (χ2n) is 5.11. The Bertz CT molecular complexity index is 553. The molecule has 5 heteroatoms. The molecule has 1 aromatic rings. The number of rotatable bonds is 3. The Morgan fingerprint density at radius 3 is 3.00 bits per heavy atom. The third kappa shape index (κ3) is 2.39. The van der Waals surface area contributed by atoms with E-state index in [0.29, 0.717) is 12.1 Å². The van der Waals surface area contributed by atoms with Crippen LogP contribution in [0.3, 0.4) is 0 Å². The lowest BCUT2D eigenvalue weighted by Crippen LogP contribution is -2.40. The maximum Gasteiger partial charge on any atom is 0.311 e. The van der Waals surface area contributed by atoms with Crippen LogP contribution in [0.25, 0.3) is 0 Å². The summed E-state index contributed by atoms with van der Waals surface area (Å²) in [4.78, 5) is 11.4. The summed E-state index contributed by atoms with van der Waals surface area (Å²) >= 11 is 0. The second kappa shape index (κ2) is 4.88. The van der Waals surface area contributed by atoms with E-state index in [4.69, 9.17) is 5.26 Å². The number of nitrogens with one attached hydrogen (secondary N) is 1. The maximum atomic E-state index is 13.1. The number of carbonyl (C=O) groups is 1. The smallest absolute Gasteiger partial charge is 0.311 e. The SMILES string of the molecule is CC1(C(=O)O)CCCC1Nc1ccc(F)cc1C#N. The van der Waals surface area contributed by atoms with Crippen molar-refractivity contribution in [1.29, 1.82) is 5.26 Å². The monoisotopic (exact) mass is 262 g/mol. The minimum atomic E-state index is -0.846. The summed E-state index contributed by atoms with van der Waals surface area (Å²) in [7, 11) is 0. The number of benzene rings is 1. The summed E-state index contributed by atoms with van der Waals surface area (Å²) in [6, 6.07) is 5.56. The predicted molar refractivity (Wildman–Crippen MR) is 68.1 cm³/mol. The largest absolute Gasteiger partial charge is 0.481 e. The fraction of sp³-hybridized carbons (Fsp3) is 0.429. The minimum absolute atomic E-state index is 0.194. The van der Waals surface area contributed by atoms with Crippen LogP contribution in [0, 0.1) is 22.6 Å². The maximum absolute atomic E-state index is 13.1. The zero-order valence-corrected chi connectivity index (χ0v) is 10.6. The van der Waals surface area contributed by atoms with E-state index >= 15 is 0 Å². The van der Waals surface area contributed by atoms with Crippen molar-refractivity contribution in [3.63, 3.8) is 0 Å². The Morgan fingerprint density at radius 1 is 1.63 bits per heavy atom. The van der Waals surface area contributed by atoms with Gasteiger partial charge in [0.15, 0.2) is 0 Å². The summed E-state index contributed by atoms with van der Waals surface area (Å²) in [6.07, 6.45) is 2.15. The van der Waals surface area contributed by atoms with Gasteiger partial charge in [0.2, 0.25) is 0 Å². The molecule has 1 aliphatic carbocycles. The predicted octanol–water partition coefficient (Wildman–Crippen LogP) is 2.75. The molecular weight excluding hydrogens is 247 g/mol. The lowest BCUT2D eigenvalue weighted by atomic mass is 9.84. The Hall–Kier alpha value is -2.09. The Labute approximate surface area is 110 Å². The van der Waals surface area contributed by atoms with E-state index in [-0.39, 0.29) is 11.6 Å². The average Bonchev–Trinajstić information content (AvgIpc) is 2.74. The number of hydrogen-bond donors (Lipinski definition) is 2. The number of nitrogens with zero attached hydrogens (tertiary/aromatic N) is 1. The molecule has 0 heterocycles. The van der Waals surface area contributed by atoms with Crippen LogP contribution in [0.2, 0.25) is 0 Å². The summed E-state index contributed by atoms with van der Waals surface area (Å²) in [6.45, 7) is 1.70. The molecule has 2 rings (SSSR count). The van der Waals surface area contributed by atoms with Crippen molar-refractivity contribution in [3.8, 4) is 6.07 Å².